The van der Waals surface area contributed by atoms with Crippen molar-refractivity contribution in [2.45, 2.75) is 18.6 Å². The Hall–Kier alpha value is -0.650. The highest BCUT2D eigenvalue weighted by atomic mass is 16.6. The second kappa shape index (κ2) is 5.16. The summed E-state index contributed by atoms with van der Waals surface area (Å²) in [5.41, 5.74) is 5.54. The minimum absolute atomic E-state index is 0.0962. The van der Waals surface area contributed by atoms with E-state index < -0.39 is 6.04 Å². The topological polar surface area (TPSA) is 70.8 Å². The quantitative estimate of drug-likeness (QED) is 0.579. The van der Waals surface area contributed by atoms with Gasteiger partial charge in [0.1, 0.15) is 12.1 Å². The molecular weight excluding hydrogens is 174 g/mol. The number of hydrogen-bond donors (Lipinski definition) is 1. The van der Waals surface area contributed by atoms with Crippen molar-refractivity contribution >= 4 is 5.97 Å². The van der Waals surface area contributed by atoms with Gasteiger partial charge in [0.25, 0.3) is 0 Å². The van der Waals surface area contributed by atoms with Crippen molar-refractivity contribution in [2.75, 3.05) is 26.9 Å². The van der Waals surface area contributed by atoms with Gasteiger partial charge in [-0.05, 0) is 6.42 Å². The number of rotatable bonds is 5. The average molecular weight is 189 g/mol. The molecule has 0 radical (unpaired) electrons. The Morgan fingerprint density at radius 1 is 1.69 bits per heavy atom. The largest absolute Gasteiger partial charge is 0.456 e. The van der Waals surface area contributed by atoms with Crippen LogP contribution >= 0.6 is 0 Å². The Morgan fingerprint density at radius 2 is 2.38 bits per heavy atom. The van der Waals surface area contributed by atoms with Crippen LogP contribution in [0, 0.1) is 0 Å². The maximum absolute atomic E-state index is 11.2. The van der Waals surface area contributed by atoms with E-state index in [2.05, 4.69) is 0 Å². The lowest BCUT2D eigenvalue weighted by Gasteiger charge is -2.26. The molecule has 0 aromatic heterocycles. The summed E-state index contributed by atoms with van der Waals surface area (Å²) in [6.07, 6.45) is 0.393. The maximum atomic E-state index is 11.2. The van der Waals surface area contributed by atoms with Crippen molar-refractivity contribution < 1.29 is 19.0 Å². The zero-order chi connectivity index (χ0) is 9.68. The van der Waals surface area contributed by atoms with Gasteiger partial charge in [-0.3, -0.25) is 4.79 Å². The van der Waals surface area contributed by atoms with E-state index in [9.17, 15) is 4.79 Å². The summed E-state index contributed by atoms with van der Waals surface area (Å²) in [7, 11) is 1.57. The zero-order valence-electron chi connectivity index (χ0n) is 7.69. The van der Waals surface area contributed by atoms with Crippen molar-refractivity contribution in [3.63, 3.8) is 0 Å². The Balaban J connectivity index is 2.13. The first-order valence-corrected chi connectivity index (χ1v) is 4.26. The summed E-state index contributed by atoms with van der Waals surface area (Å²) < 4.78 is 14.7. The monoisotopic (exact) mass is 189 g/mol. The summed E-state index contributed by atoms with van der Waals surface area (Å²) in [6.45, 7) is 1.45. The number of nitrogens with two attached hydrogens (primary N) is 1. The first kappa shape index (κ1) is 10.4. The molecule has 1 aliphatic rings. The molecule has 1 atom stereocenters. The number of ether oxygens (including phenoxy) is 3. The van der Waals surface area contributed by atoms with E-state index in [4.69, 9.17) is 19.9 Å². The number of carbonyl (C=O) groups excluding carboxylic acids is 1. The van der Waals surface area contributed by atoms with Crippen LogP contribution in [-0.4, -0.2) is 45.0 Å². The molecule has 76 valence electrons. The Morgan fingerprint density at radius 3 is 2.85 bits per heavy atom. The maximum Gasteiger partial charge on any atom is 0.323 e. The molecule has 13 heavy (non-hydrogen) atoms. The third-order valence-electron chi connectivity index (χ3n) is 1.83. The van der Waals surface area contributed by atoms with E-state index in [1.54, 1.807) is 7.11 Å². The van der Waals surface area contributed by atoms with Gasteiger partial charge >= 0.3 is 5.97 Å². The summed E-state index contributed by atoms with van der Waals surface area (Å²) in [5.74, 6) is -0.370. The SMILES string of the molecule is COCCC(N)C(=O)OC1COC1. The lowest BCUT2D eigenvalue weighted by molar-refractivity contribution is -0.173. The van der Waals surface area contributed by atoms with Crippen LogP contribution in [0.2, 0.25) is 0 Å². The average Bonchev–Trinajstić information content (AvgIpc) is 2.06. The summed E-state index contributed by atoms with van der Waals surface area (Å²) in [4.78, 5) is 11.2. The van der Waals surface area contributed by atoms with Crippen LogP contribution in [0.4, 0.5) is 0 Å². The summed E-state index contributed by atoms with van der Waals surface area (Å²) in [6, 6.07) is -0.583. The van der Waals surface area contributed by atoms with Gasteiger partial charge in [-0.25, -0.2) is 0 Å². The molecule has 5 heteroatoms. The van der Waals surface area contributed by atoms with Gasteiger partial charge in [0.2, 0.25) is 0 Å². The molecule has 1 aliphatic heterocycles. The second-order valence-corrected chi connectivity index (χ2v) is 2.98. The van der Waals surface area contributed by atoms with Gasteiger partial charge in [0.15, 0.2) is 0 Å². The normalized spacial score (nSPS) is 19.2. The van der Waals surface area contributed by atoms with Crippen molar-refractivity contribution in [1.29, 1.82) is 0 Å². The Kier molecular flexibility index (Phi) is 4.14. The van der Waals surface area contributed by atoms with Gasteiger partial charge in [0, 0.05) is 13.7 Å². The minimum Gasteiger partial charge on any atom is -0.456 e. The molecule has 0 aromatic rings. The first-order chi connectivity index (χ1) is 6.24. The fraction of sp³-hybridized carbons (Fsp3) is 0.875. The molecule has 0 saturated carbocycles. The molecule has 2 N–H and O–H groups in total. The minimum atomic E-state index is -0.583. The highest BCUT2D eigenvalue weighted by Gasteiger charge is 2.25. The smallest absolute Gasteiger partial charge is 0.323 e. The lowest BCUT2D eigenvalue weighted by atomic mass is 10.2. The van der Waals surface area contributed by atoms with Crippen LogP contribution in [0.25, 0.3) is 0 Å². The molecule has 1 unspecified atom stereocenters. The number of methoxy groups -OCH3 is 1. The summed E-state index contributed by atoms with van der Waals surface area (Å²) >= 11 is 0. The predicted octanol–water partition coefficient (Wildman–Crippen LogP) is -0.708. The molecule has 0 spiro atoms. The number of esters is 1. The predicted molar refractivity (Wildman–Crippen MR) is 45.2 cm³/mol. The molecule has 0 aliphatic carbocycles. The lowest BCUT2D eigenvalue weighted by Crippen LogP contribution is -2.43. The molecular formula is C8H15NO4. The van der Waals surface area contributed by atoms with Gasteiger partial charge in [-0.15, -0.1) is 0 Å². The number of carbonyl (C=O) groups is 1. The highest BCUT2D eigenvalue weighted by Crippen LogP contribution is 2.06. The highest BCUT2D eigenvalue weighted by molar-refractivity contribution is 5.75. The van der Waals surface area contributed by atoms with E-state index >= 15 is 0 Å². The number of hydrogen-bond acceptors (Lipinski definition) is 5. The molecule has 0 bridgehead atoms. The first-order valence-electron chi connectivity index (χ1n) is 4.26. The third-order valence-corrected chi connectivity index (χ3v) is 1.83. The molecule has 0 amide bonds. The van der Waals surface area contributed by atoms with E-state index in [-0.39, 0.29) is 12.1 Å². The van der Waals surface area contributed by atoms with Gasteiger partial charge in [-0.2, -0.15) is 0 Å². The Bertz CT molecular complexity index is 170. The van der Waals surface area contributed by atoms with Crippen LogP contribution in [0.15, 0.2) is 0 Å². The molecule has 0 aromatic carbocycles. The van der Waals surface area contributed by atoms with Gasteiger partial charge in [-0.1, -0.05) is 0 Å². The van der Waals surface area contributed by atoms with Gasteiger partial charge < -0.3 is 19.9 Å². The molecule has 5 nitrogen and oxygen atoms in total. The van der Waals surface area contributed by atoms with Crippen LogP contribution in [0.5, 0.6) is 0 Å². The van der Waals surface area contributed by atoms with Crippen molar-refractivity contribution in [3.8, 4) is 0 Å². The van der Waals surface area contributed by atoms with E-state index in [0.717, 1.165) is 0 Å². The molecule has 1 saturated heterocycles. The van der Waals surface area contributed by atoms with Crippen molar-refractivity contribution in [1.82, 2.24) is 0 Å². The molecule has 1 rings (SSSR count). The van der Waals surface area contributed by atoms with Crippen molar-refractivity contribution in [2.24, 2.45) is 5.73 Å². The Labute approximate surface area is 77.1 Å². The zero-order valence-corrected chi connectivity index (χ0v) is 7.69. The van der Waals surface area contributed by atoms with E-state index in [0.29, 0.717) is 26.2 Å². The fourth-order valence-corrected chi connectivity index (χ4v) is 0.896. The van der Waals surface area contributed by atoms with Crippen LogP contribution < -0.4 is 5.73 Å². The second-order valence-electron chi connectivity index (χ2n) is 2.98. The summed E-state index contributed by atoms with van der Waals surface area (Å²) in [5, 5.41) is 0. The van der Waals surface area contributed by atoms with Gasteiger partial charge in [0.05, 0.1) is 13.2 Å². The van der Waals surface area contributed by atoms with E-state index in [1.807, 2.05) is 0 Å². The van der Waals surface area contributed by atoms with Crippen LogP contribution in [0.1, 0.15) is 6.42 Å². The molecule has 1 heterocycles. The van der Waals surface area contributed by atoms with Crippen molar-refractivity contribution in [3.05, 3.63) is 0 Å². The van der Waals surface area contributed by atoms with E-state index in [1.165, 1.54) is 0 Å². The standard InChI is InChI=1S/C8H15NO4/c1-11-3-2-7(9)8(10)13-6-4-12-5-6/h6-7H,2-5,9H2,1H3. The van der Waals surface area contributed by atoms with Crippen LogP contribution in [0.3, 0.4) is 0 Å². The fourth-order valence-electron chi connectivity index (χ4n) is 0.896. The molecule has 1 fully saturated rings. The third kappa shape index (κ3) is 3.30. The van der Waals surface area contributed by atoms with Crippen LogP contribution in [-0.2, 0) is 19.0 Å².